The zero-order valence-electron chi connectivity index (χ0n) is 9.55. The lowest BCUT2D eigenvalue weighted by molar-refractivity contribution is 0.170. The Labute approximate surface area is 98.7 Å². The summed E-state index contributed by atoms with van der Waals surface area (Å²) in [5.41, 5.74) is 0.516. The van der Waals surface area contributed by atoms with Crippen LogP contribution in [0.15, 0.2) is 30.6 Å². The number of aliphatic hydroxyl groups excluding tert-OH is 1. The quantitative estimate of drug-likeness (QED) is 0.863. The molecule has 0 saturated heterocycles. The summed E-state index contributed by atoms with van der Waals surface area (Å²) in [6.07, 6.45) is 1.42. The summed E-state index contributed by atoms with van der Waals surface area (Å²) in [4.78, 5) is 4.02. The first-order valence-electron chi connectivity index (χ1n) is 5.41. The van der Waals surface area contributed by atoms with E-state index in [-0.39, 0.29) is 12.2 Å². The first kappa shape index (κ1) is 11.7. The maximum Gasteiger partial charge on any atom is 0.138 e. The van der Waals surface area contributed by atoms with Crippen molar-refractivity contribution in [2.75, 3.05) is 0 Å². The van der Waals surface area contributed by atoms with Crippen molar-refractivity contribution in [3.63, 3.8) is 0 Å². The summed E-state index contributed by atoms with van der Waals surface area (Å²) < 4.78 is 15.0. The van der Waals surface area contributed by atoms with Gasteiger partial charge in [0.2, 0.25) is 0 Å². The molecular formula is C12H14FN3O. The van der Waals surface area contributed by atoms with Gasteiger partial charge in [-0.25, -0.2) is 9.37 Å². The maximum absolute atomic E-state index is 13.4. The minimum Gasteiger partial charge on any atom is -0.392 e. The molecule has 1 N–H and O–H groups in total. The number of nitrogens with zero attached hydrogens (tertiary/aromatic N) is 3. The Kier molecular flexibility index (Phi) is 3.49. The van der Waals surface area contributed by atoms with Crippen LogP contribution in [0.3, 0.4) is 0 Å². The largest absolute Gasteiger partial charge is 0.392 e. The zero-order valence-corrected chi connectivity index (χ0v) is 9.55. The third-order valence-electron chi connectivity index (χ3n) is 2.64. The summed E-state index contributed by atoms with van der Waals surface area (Å²) in [5.74, 6) is 0.401. The van der Waals surface area contributed by atoms with Crippen molar-refractivity contribution < 1.29 is 9.50 Å². The average Bonchev–Trinajstić information content (AvgIpc) is 2.68. The van der Waals surface area contributed by atoms with E-state index in [0.29, 0.717) is 17.8 Å². The molecule has 1 atom stereocenters. The number of rotatable bonds is 4. The summed E-state index contributed by atoms with van der Waals surface area (Å²) in [5, 5.41) is 13.8. The third kappa shape index (κ3) is 2.88. The molecule has 0 aliphatic heterocycles. The minimum atomic E-state index is -0.658. The standard InChI is InChI=1S/C12H14FN3O/c1-16-12(14-8-15-16)7-10(17)6-9-4-2-3-5-11(9)13/h2-5,8,10,17H,6-7H2,1H3. The Morgan fingerprint density at radius 1 is 1.35 bits per heavy atom. The van der Waals surface area contributed by atoms with E-state index in [2.05, 4.69) is 10.1 Å². The molecule has 1 aromatic carbocycles. The van der Waals surface area contributed by atoms with Crippen LogP contribution in [-0.2, 0) is 19.9 Å². The van der Waals surface area contributed by atoms with Crippen molar-refractivity contribution in [2.24, 2.45) is 7.05 Å². The van der Waals surface area contributed by atoms with Crippen molar-refractivity contribution in [1.29, 1.82) is 0 Å². The lowest BCUT2D eigenvalue weighted by Gasteiger charge is -2.10. The molecule has 4 nitrogen and oxygen atoms in total. The molecule has 0 bridgehead atoms. The molecule has 5 heteroatoms. The fourth-order valence-electron chi connectivity index (χ4n) is 1.71. The van der Waals surface area contributed by atoms with Gasteiger partial charge in [-0.1, -0.05) is 18.2 Å². The number of aryl methyl sites for hydroxylation is 1. The van der Waals surface area contributed by atoms with Crippen molar-refractivity contribution in [1.82, 2.24) is 14.8 Å². The van der Waals surface area contributed by atoms with E-state index in [1.54, 1.807) is 29.9 Å². The number of aliphatic hydroxyl groups is 1. The minimum absolute atomic E-state index is 0.277. The Balaban J connectivity index is 2.01. The number of halogens is 1. The van der Waals surface area contributed by atoms with Gasteiger partial charge in [0.1, 0.15) is 18.0 Å². The predicted octanol–water partition coefficient (Wildman–Crippen LogP) is 1.10. The first-order chi connectivity index (χ1) is 8.16. The topological polar surface area (TPSA) is 50.9 Å². The van der Waals surface area contributed by atoms with Crippen molar-refractivity contribution >= 4 is 0 Å². The summed E-state index contributed by atoms with van der Waals surface area (Å²) >= 11 is 0. The van der Waals surface area contributed by atoms with Gasteiger partial charge in [-0.05, 0) is 11.6 Å². The predicted molar refractivity (Wildman–Crippen MR) is 60.8 cm³/mol. The van der Waals surface area contributed by atoms with Crippen LogP contribution in [0.2, 0.25) is 0 Å². The molecule has 17 heavy (non-hydrogen) atoms. The Bertz CT molecular complexity index is 498. The van der Waals surface area contributed by atoms with Gasteiger partial charge in [0.25, 0.3) is 0 Å². The van der Waals surface area contributed by atoms with E-state index in [1.165, 1.54) is 12.4 Å². The molecule has 1 heterocycles. The SMILES string of the molecule is Cn1ncnc1CC(O)Cc1ccccc1F. The van der Waals surface area contributed by atoms with Crippen LogP contribution in [0.1, 0.15) is 11.4 Å². The highest BCUT2D eigenvalue weighted by atomic mass is 19.1. The number of hydrogen-bond donors (Lipinski definition) is 1. The Morgan fingerprint density at radius 2 is 2.12 bits per heavy atom. The normalized spacial score (nSPS) is 12.6. The molecule has 2 aromatic rings. The lowest BCUT2D eigenvalue weighted by atomic mass is 10.1. The highest BCUT2D eigenvalue weighted by Gasteiger charge is 2.12. The van der Waals surface area contributed by atoms with Gasteiger partial charge < -0.3 is 5.11 Å². The number of aromatic nitrogens is 3. The van der Waals surface area contributed by atoms with Crippen LogP contribution in [0.4, 0.5) is 4.39 Å². The molecular weight excluding hydrogens is 221 g/mol. The molecule has 0 radical (unpaired) electrons. The monoisotopic (exact) mass is 235 g/mol. The van der Waals surface area contributed by atoms with Crippen LogP contribution in [0, 0.1) is 5.82 Å². The van der Waals surface area contributed by atoms with Gasteiger partial charge in [-0.15, -0.1) is 0 Å². The maximum atomic E-state index is 13.4. The van der Waals surface area contributed by atoms with Gasteiger partial charge in [0.15, 0.2) is 0 Å². The van der Waals surface area contributed by atoms with Crippen LogP contribution in [-0.4, -0.2) is 26.0 Å². The van der Waals surface area contributed by atoms with E-state index in [0.717, 1.165) is 0 Å². The van der Waals surface area contributed by atoms with Crippen molar-refractivity contribution in [3.05, 3.63) is 47.8 Å². The van der Waals surface area contributed by atoms with Crippen LogP contribution < -0.4 is 0 Å². The van der Waals surface area contributed by atoms with E-state index in [9.17, 15) is 9.50 Å². The number of benzene rings is 1. The third-order valence-corrected chi connectivity index (χ3v) is 2.64. The second-order valence-corrected chi connectivity index (χ2v) is 3.95. The highest BCUT2D eigenvalue weighted by Crippen LogP contribution is 2.11. The molecule has 0 spiro atoms. The molecule has 0 aliphatic carbocycles. The Hall–Kier alpha value is -1.75. The molecule has 1 aromatic heterocycles. The van der Waals surface area contributed by atoms with E-state index >= 15 is 0 Å². The highest BCUT2D eigenvalue weighted by molar-refractivity contribution is 5.18. The Morgan fingerprint density at radius 3 is 2.76 bits per heavy atom. The number of hydrogen-bond acceptors (Lipinski definition) is 3. The summed E-state index contributed by atoms with van der Waals surface area (Å²) in [6.45, 7) is 0. The lowest BCUT2D eigenvalue weighted by Crippen LogP contribution is -2.17. The molecule has 90 valence electrons. The molecule has 0 fully saturated rings. The smallest absolute Gasteiger partial charge is 0.138 e. The fourth-order valence-corrected chi connectivity index (χ4v) is 1.71. The second kappa shape index (κ2) is 5.05. The average molecular weight is 235 g/mol. The van der Waals surface area contributed by atoms with Gasteiger partial charge >= 0.3 is 0 Å². The van der Waals surface area contributed by atoms with E-state index in [1.807, 2.05) is 0 Å². The molecule has 2 rings (SSSR count). The van der Waals surface area contributed by atoms with Crippen LogP contribution in [0.5, 0.6) is 0 Å². The molecule has 0 aliphatic rings. The van der Waals surface area contributed by atoms with Gasteiger partial charge in [-0.2, -0.15) is 5.10 Å². The zero-order chi connectivity index (χ0) is 12.3. The van der Waals surface area contributed by atoms with Gasteiger partial charge in [-0.3, -0.25) is 4.68 Å². The molecule has 1 unspecified atom stereocenters. The summed E-state index contributed by atoms with van der Waals surface area (Å²) in [7, 11) is 1.76. The van der Waals surface area contributed by atoms with Gasteiger partial charge in [0.05, 0.1) is 6.10 Å². The van der Waals surface area contributed by atoms with Crippen molar-refractivity contribution in [2.45, 2.75) is 18.9 Å². The van der Waals surface area contributed by atoms with Crippen molar-refractivity contribution in [3.8, 4) is 0 Å². The second-order valence-electron chi connectivity index (χ2n) is 3.95. The summed E-state index contributed by atoms with van der Waals surface area (Å²) in [6, 6.07) is 6.46. The fraction of sp³-hybridized carbons (Fsp3) is 0.333. The van der Waals surface area contributed by atoms with E-state index in [4.69, 9.17) is 0 Å². The van der Waals surface area contributed by atoms with Crippen LogP contribution >= 0.6 is 0 Å². The first-order valence-corrected chi connectivity index (χ1v) is 5.41. The van der Waals surface area contributed by atoms with Gasteiger partial charge in [0, 0.05) is 19.9 Å². The molecule has 0 amide bonds. The van der Waals surface area contributed by atoms with E-state index < -0.39 is 6.10 Å². The molecule has 0 saturated carbocycles. The van der Waals surface area contributed by atoms with Crippen LogP contribution in [0.25, 0.3) is 0 Å².